The van der Waals surface area contributed by atoms with E-state index >= 15 is 0 Å². The molecule has 6 heteroatoms. The summed E-state index contributed by atoms with van der Waals surface area (Å²) in [5, 5.41) is 2.86. The van der Waals surface area contributed by atoms with Gasteiger partial charge in [0.05, 0.1) is 14.2 Å². The minimum absolute atomic E-state index is 0.177. The molecule has 2 rings (SSSR count). The van der Waals surface area contributed by atoms with Crippen LogP contribution in [0.3, 0.4) is 0 Å². The number of carbonyl (C=O) groups is 1. The average Bonchev–Trinajstić information content (AvgIpc) is 2.61. The van der Waals surface area contributed by atoms with Gasteiger partial charge in [0.2, 0.25) is 0 Å². The lowest BCUT2D eigenvalue weighted by Crippen LogP contribution is -2.35. The van der Waals surface area contributed by atoms with Gasteiger partial charge in [-0.1, -0.05) is 6.07 Å². The highest BCUT2D eigenvalue weighted by atomic mass is 127. The van der Waals surface area contributed by atoms with Crippen LogP contribution >= 0.6 is 22.6 Å². The Morgan fingerprint density at radius 3 is 2.38 bits per heavy atom. The first kappa shape index (κ1) is 18.4. The highest BCUT2D eigenvalue weighted by Gasteiger charge is 2.14. The van der Waals surface area contributed by atoms with E-state index in [0.717, 1.165) is 9.13 Å². The normalized spacial score (nSPS) is 11.5. The second-order valence-corrected chi connectivity index (χ2v) is 6.37. The number of amides is 1. The van der Waals surface area contributed by atoms with Crippen LogP contribution in [0.15, 0.2) is 42.5 Å². The Bertz CT molecular complexity index is 688. The number of carbonyl (C=O) groups excluding carboxylic acids is 1. The molecule has 0 heterocycles. The monoisotopic (exact) mass is 441 g/mol. The summed E-state index contributed by atoms with van der Waals surface area (Å²) in [6.07, 6.45) is -0.579. The summed E-state index contributed by atoms with van der Waals surface area (Å²) in [5.41, 5.74) is 0.919. The molecular formula is C18H20INO4. The van der Waals surface area contributed by atoms with Gasteiger partial charge in [-0.25, -0.2) is 0 Å². The van der Waals surface area contributed by atoms with E-state index in [-0.39, 0.29) is 5.91 Å². The van der Waals surface area contributed by atoms with E-state index in [1.807, 2.05) is 42.5 Å². The van der Waals surface area contributed by atoms with Gasteiger partial charge in [0.1, 0.15) is 5.75 Å². The topological polar surface area (TPSA) is 56.8 Å². The second kappa shape index (κ2) is 8.77. The second-order valence-electron chi connectivity index (χ2n) is 5.12. The number of rotatable bonds is 7. The van der Waals surface area contributed by atoms with Gasteiger partial charge in [-0.2, -0.15) is 0 Å². The van der Waals surface area contributed by atoms with E-state index in [4.69, 9.17) is 14.2 Å². The van der Waals surface area contributed by atoms with Crippen LogP contribution < -0.4 is 19.5 Å². The molecule has 0 radical (unpaired) electrons. The lowest BCUT2D eigenvalue weighted by atomic mass is 10.2. The van der Waals surface area contributed by atoms with Crippen LogP contribution in [0.4, 0.5) is 0 Å². The molecule has 0 aromatic heterocycles. The van der Waals surface area contributed by atoms with Crippen molar-refractivity contribution in [3.05, 3.63) is 51.6 Å². The van der Waals surface area contributed by atoms with E-state index in [1.54, 1.807) is 21.1 Å². The molecule has 0 aliphatic heterocycles. The Hall–Kier alpha value is -1.96. The molecule has 1 atom stereocenters. The zero-order valence-corrected chi connectivity index (χ0v) is 16.0. The molecule has 0 aliphatic rings. The number of benzene rings is 2. The number of halogens is 1. The molecule has 0 aliphatic carbocycles. The molecule has 5 nitrogen and oxygen atoms in total. The van der Waals surface area contributed by atoms with Crippen LogP contribution in [-0.2, 0) is 11.3 Å². The van der Waals surface area contributed by atoms with Crippen LogP contribution in [0.2, 0.25) is 0 Å². The molecule has 2 aromatic carbocycles. The van der Waals surface area contributed by atoms with Crippen molar-refractivity contribution in [2.24, 2.45) is 0 Å². The summed E-state index contributed by atoms with van der Waals surface area (Å²) in [5.74, 6) is 1.78. The largest absolute Gasteiger partial charge is 0.493 e. The SMILES string of the molecule is COc1ccc(CNC(=O)[C@@H](C)Oc2ccc(I)cc2)cc1OC. The first-order valence-electron chi connectivity index (χ1n) is 7.44. The van der Waals surface area contributed by atoms with Crippen molar-refractivity contribution >= 4 is 28.5 Å². The predicted octanol–water partition coefficient (Wildman–Crippen LogP) is 3.39. The number of ether oxygens (including phenoxy) is 3. The Kier molecular flexibility index (Phi) is 6.72. The van der Waals surface area contributed by atoms with Crippen molar-refractivity contribution in [1.82, 2.24) is 5.32 Å². The van der Waals surface area contributed by atoms with Crippen molar-refractivity contribution in [2.45, 2.75) is 19.6 Å². The van der Waals surface area contributed by atoms with Crippen LogP contribution in [0.25, 0.3) is 0 Å². The van der Waals surface area contributed by atoms with Crippen LogP contribution in [0.5, 0.6) is 17.2 Å². The third-order valence-electron chi connectivity index (χ3n) is 3.41. The minimum atomic E-state index is -0.579. The van der Waals surface area contributed by atoms with Crippen LogP contribution in [-0.4, -0.2) is 26.2 Å². The molecule has 1 N–H and O–H groups in total. The molecule has 0 unspecified atom stereocenters. The average molecular weight is 441 g/mol. The maximum atomic E-state index is 12.2. The van der Waals surface area contributed by atoms with E-state index in [1.165, 1.54) is 0 Å². The molecule has 0 saturated heterocycles. The van der Waals surface area contributed by atoms with Crippen molar-refractivity contribution in [2.75, 3.05) is 14.2 Å². The molecule has 24 heavy (non-hydrogen) atoms. The zero-order valence-electron chi connectivity index (χ0n) is 13.8. The van der Waals surface area contributed by atoms with Gasteiger partial charge < -0.3 is 19.5 Å². The first-order valence-corrected chi connectivity index (χ1v) is 8.52. The summed E-state index contributed by atoms with van der Waals surface area (Å²) >= 11 is 2.22. The van der Waals surface area contributed by atoms with Crippen LogP contribution in [0, 0.1) is 3.57 Å². The molecule has 0 bridgehead atoms. The highest BCUT2D eigenvalue weighted by molar-refractivity contribution is 14.1. The van der Waals surface area contributed by atoms with E-state index in [2.05, 4.69) is 27.9 Å². The van der Waals surface area contributed by atoms with Crippen molar-refractivity contribution < 1.29 is 19.0 Å². The fraction of sp³-hybridized carbons (Fsp3) is 0.278. The minimum Gasteiger partial charge on any atom is -0.493 e. The van der Waals surface area contributed by atoms with Gasteiger partial charge in [0, 0.05) is 10.1 Å². The smallest absolute Gasteiger partial charge is 0.261 e. The van der Waals surface area contributed by atoms with Gasteiger partial charge >= 0.3 is 0 Å². The van der Waals surface area contributed by atoms with Crippen LogP contribution in [0.1, 0.15) is 12.5 Å². The Balaban J connectivity index is 1.91. The fourth-order valence-corrected chi connectivity index (χ4v) is 2.45. The third-order valence-corrected chi connectivity index (χ3v) is 4.13. The van der Waals surface area contributed by atoms with E-state index < -0.39 is 6.10 Å². The van der Waals surface area contributed by atoms with Gasteiger partial charge in [-0.3, -0.25) is 4.79 Å². The van der Waals surface area contributed by atoms with E-state index in [9.17, 15) is 4.79 Å². The molecule has 0 spiro atoms. The Morgan fingerprint density at radius 2 is 1.75 bits per heavy atom. The van der Waals surface area contributed by atoms with Crippen molar-refractivity contribution in [3.63, 3.8) is 0 Å². The quantitative estimate of drug-likeness (QED) is 0.670. The summed E-state index contributed by atoms with van der Waals surface area (Å²) in [6, 6.07) is 13.1. The summed E-state index contributed by atoms with van der Waals surface area (Å²) < 4.78 is 17.2. The lowest BCUT2D eigenvalue weighted by Gasteiger charge is -2.15. The molecule has 1 amide bonds. The van der Waals surface area contributed by atoms with Gasteiger partial charge in [-0.15, -0.1) is 0 Å². The molecule has 2 aromatic rings. The molecular weight excluding hydrogens is 421 g/mol. The summed E-state index contributed by atoms with van der Waals surface area (Å²) in [4.78, 5) is 12.2. The van der Waals surface area contributed by atoms with Gasteiger partial charge in [-0.05, 0) is 71.5 Å². The standard InChI is InChI=1S/C18H20INO4/c1-12(24-15-7-5-14(19)6-8-15)18(21)20-11-13-4-9-16(22-2)17(10-13)23-3/h4-10,12H,11H2,1-3H3,(H,20,21)/t12-/m1/s1. The Morgan fingerprint density at radius 1 is 1.08 bits per heavy atom. The number of nitrogens with one attached hydrogen (secondary N) is 1. The van der Waals surface area contributed by atoms with Gasteiger partial charge in [0.25, 0.3) is 5.91 Å². The Labute approximate surface area is 155 Å². The first-order chi connectivity index (χ1) is 11.5. The number of methoxy groups -OCH3 is 2. The summed E-state index contributed by atoms with van der Waals surface area (Å²) in [6.45, 7) is 2.11. The molecule has 128 valence electrons. The van der Waals surface area contributed by atoms with Gasteiger partial charge in [0.15, 0.2) is 17.6 Å². The molecule has 0 saturated carbocycles. The summed E-state index contributed by atoms with van der Waals surface area (Å²) in [7, 11) is 3.17. The maximum absolute atomic E-state index is 12.2. The number of hydrogen-bond donors (Lipinski definition) is 1. The third kappa shape index (κ3) is 5.02. The zero-order chi connectivity index (χ0) is 17.5. The maximum Gasteiger partial charge on any atom is 0.261 e. The highest BCUT2D eigenvalue weighted by Crippen LogP contribution is 2.27. The van der Waals surface area contributed by atoms with Crippen molar-refractivity contribution in [3.8, 4) is 17.2 Å². The van der Waals surface area contributed by atoms with Crippen molar-refractivity contribution in [1.29, 1.82) is 0 Å². The lowest BCUT2D eigenvalue weighted by molar-refractivity contribution is -0.127. The van der Waals surface area contributed by atoms with E-state index in [0.29, 0.717) is 23.8 Å². The molecule has 0 fully saturated rings. The fourth-order valence-electron chi connectivity index (χ4n) is 2.09. The predicted molar refractivity (Wildman–Crippen MR) is 101 cm³/mol. The number of hydrogen-bond acceptors (Lipinski definition) is 4.